The van der Waals surface area contributed by atoms with E-state index >= 15 is 0 Å². The Balaban J connectivity index is 1.83. The maximum atomic E-state index is 12.7. The first-order chi connectivity index (χ1) is 11.1. The SMILES string of the molecule is CN(C)Cc1ccnc(C2CCCN2C(=O)c2cccnn2)n1. The van der Waals surface area contributed by atoms with Gasteiger partial charge < -0.3 is 9.80 Å². The minimum atomic E-state index is -0.109. The van der Waals surface area contributed by atoms with Crippen LogP contribution in [0.5, 0.6) is 0 Å². The van der Waals surface area contributed by atoms with Crippen molar-refractivity contribution in [3.63, 3.8) is 0 Å². The van der Waals surface area contributed by atoms with E-state index in [1.165, 1.54) is 0 Å². The zero-order chi connectivity index (χ0) is 16.2. The van der Waals surface area contributed by atoms with Gasteiger partial charge in [-0.05, 0) is 45.1 Å². The molecule has 1 atom stereocenters. The number of carbonyl (C=O) groups excluding carboxylic acids is 1. The van der Waals surface area contributed by atoms with E-state index in [0.29, 0.717) is 18.1 Å². The lowest BCUT2D eigenvalue weighted by Crippen LogP contribution is -2.32. The summed E-state index contributed by atoms with van der Waals surface area (Å²) in [5.41, 5.74) is 1.32. The van der Waals surface area contributed by atoms with Crippen molar-refractivity contribution < 1.29 is 4.79 Å². The van der Waals surface area contributed by atoms with Gasteiger partial charge in [0.2, 0.25) is 0 Å². The summed E-state index contributed by atoms with van der Waals surface area (Å²) in [4.78, 5) is 25.6. The lowest BCUT2D eigenvalue weighted by atomic mass is 10.2. The number of amides is 1. The standard InChI is InChI=1S/C16H20N6O/c1-21(2)11-12-7-9-17-15(19-12)14-6-4-10-22(14)16(23)13-5-3-8-18-20-13/h3,5,7-9,14H,4,6,10-11H2,1-2H3. The van der Waals surface area contributed by atoms with Crippen molar-refractivity contribution in [2.45, 2.75) is 25.4 Å². The Hall–Kier alpha value is -2.41. The van der Waals surface area contributed by atoms with Gasteiger partial charge in [-0.25, -0.2) is 9.97 Å². The summed E-state index contributed by atoms with van der Waals surface area (Å²) in [5, 5.41) is 7.71. The van der Waals surface area contributed by atoms with Gasteiger partial charge in [0.25, 0.3) is 5.91 Å². The summed E-state index contributed by atoms with van der Waals surface area (Å²) in [5.74, 6) is 0.598. The molecule has 1 unspecified atom stereocenters. The Bertz CT molecular complexity index is 675. The Morgan fingerprint density at radius 3 is 2.96 bits per heavy atom. The van der Waals surface area contributed by atoms with Crippen LogP contribution in [0.1, 0.15) is 40.9 Å². The van der Waals surface area contributed by atoms with Crippen LogP contribution in [0.4, 0.5) is 0 Å². The highest BCUT2D eigenvalue weighted by Gasteiger charge is 2.33. The Morgan fingerprint density at radius 1 is 1.35 bits per heavy atom. The predicted octanol–water partition coefficient (Wildman–Crippen LogP) is 1.31. The highest BCUT2D eigenvalue weighted by atomic mass is 16.2. The smallest absolute Gasteiger partial charge is 0.274 e. The summed E-state index contributed by atoms with van der Waals surface area (Å²) in [6.07, 6.45) is 5.14. The monoisotopic (exact) mass is 312 g/mol. The second kappa shape index (κ2) is 6.78. The molecule has 0 N–H and O–H groups in total. The third-order valence-electron chi connectivity index (χ3n) is 3.81. The first kappa shape index (κ1) is 15.5. The van der Waals surface area contributed by atoms with Crippen molar-refractivity contribution in [1.29, 1.82) is 0 Å². The minimum absolute atomic E-state index is 0.0911. The van der Waals surface area contributed by atoms with E-state index in [0.717, 1.165) is 25.1 Å². The number of hydrogen-bond donors (Lipinski definition) is 0. The average molecular weight is 312 g/mol. The molecular weight excluding hydrogens is 292 g/mol. The van der Waals surface area contributed by atoms with Crippen molar-refractivity contribution in [2.75, 3.05) is 20.6 Å². The van der Waals surface area contributed by atoms with E-state index in [1.54, 1.807) is 29.4 Å². The van der Waals surface area contributed by atoms with Crippen LogP contribution >= 0.6 is 0 Å². The molecule has 120 valence electrons. The summed E-state index contributed by atoms with van der Waals surface area (Å²) in [6, 6.07) is 5.23. The molecule has 2 aromatic rings. The Morgan fingerprint density at radius 2 is 2.22 bits per heavy atom. The molecule has 7 heteroatoms. The van der Waals surface area contributed by atoms with Crippen LogP contribution in [-0.4, -0.2) is 56.5 Å². The van der Waals surface area contributed by atoms with Crippen LogP contribution in [0, 0.1) is 0 Å². The maximum absolute atomic E-state index is 12.7. The van der Waals surface area contributed by atoms with Gasteiger partial charge in [-0.15, -0.1) is 5.10 Å². The quantitative estimate of drug-likeness (QED) is 0.847. The Labute approximate surface area is 135 Å². The summed E-state index contributed by atoms with van der Waals surface area (Å²) >= 11 is 0. The topological polar surface area (TPSA) is 75.1 Å². The normalized spacial score (nSPS) is 17.7. The Kier molecular flexibility index (Phi) is 4.57. The van der Waals surface area contributed by atoms with Crippen LogP contribution in [0.2, 0.25) is 0 Å². The molecule has 3 heterocycles. The number of hydrogen-bond acceptors (Lipinski definition) is 6. The van der Waals surface area contributed by atoms with Gasteiger partial charge in [-0.2, -0.15) is 5.10 Å². The van der Waals surface area contributed by atoms with E-state index in [2.05, 4.69) is 25.1 Å². The summed E-state index contributed by atoms with van der Waals surface area (Å²) < 4.78 is 0. The molecule has 1 amide bonds. The molecule has 7 nitrogen and oxygen atoms in total. The van der Waals surface area contributed by atoms with Gasteiger partial charge in [0.05, 0.1) is 11.7 Å². The molecular formula is C16H20N6O. The molecule has 1 aliphatic rings. The molecule has 0 bridgehead atoms. The molecule has 0 spiro atoms. The second-order valence-electron chi connectivity index (χ2n) is 5.91. The number of carbonyl (C=O) groups is 1. The fraction of sp³-hybridized carbons (Fsp3) is 0.438. The van der Waals surface area contributed by atoms with Crippen LogP contribution < -0.4 is 0 Å². The molecule has 1 saturated heterocycles. The molecule has 3 rings (SSSR count). The fourth-order valence-electron chi connectivity index (χ4n) is 2.83. The molecule has 0 aliphatic carbocycles. The van der Waals surface area contributed by atoms with Gasteiger partial charge in [0.15, 0.2) is 11.5 Å². The van der Waals surface area contributed by atoms with E-state index in [9.17, 15) is 4.79 Å². The number of rotatable bonds is 4. The van der Waals surface area contributed by atoms with Gasteiger partial charge in [-0.1, -0.05) is 0 Å². The third kappa shape index (κ3) is 3.50. The first-order valence-electron chi connectivity index (χ1n) is 7.70. The third-order valence-corrected chi connectivity index (χ3v) is 3.81. The van der Waals surface area contributed by atoms with Gasteiger partial charge in [0, 0.05) is 25.5 Å². The molecule has 0 aromatic carbocycles. The molecule has 2 aromatic heterocycles. The lowest BCUT2D eigenvalue weighted by molar-refractivity contribution is 0.0722. The first-order valence-corrected chi connectivity index (χ1v) is 7.70. The largest absolute Gasteiger partial charge is 0.327 e. The van der Waals surface area contributed by atoms with Gasteiger partial charge in [-0.3, -0.25) is 4.79 Å². The fourth-order valence-corrected chi connectivity index (χ4v) is 2.83. The van der Waals surface area contributed by atoms with E-state index in [-0.39, 0.29) is 11.9 Å². The van der Waals surface area contributed by atoms with Crippen LogP contribution in [0.15, 0.2) is 30.6 Å². The second-order valence-corrected chi connectivity index (χ2v) is 5.91. The highest BCUT2D eigenvalue weighted by Crippen LogP contribution is 2.30. The van der Waals surface area contributed by atoms with Gasteiger partial charge >= 0.3 is 0 Å². The molecule has 0 radical (unpaired) electrons. The van der Waals surface area contributed by atoms with Crippen molar-refractivity contribution in [3.05, 3.63) is 47.8 Å². The van der Waals surface area contributed by atoms with Crippen molar-refractivity contribution in [2.24, 2.45) is 0 Å². The average Bonchev–Trinajstić information content (AvgIpc) is 3.04. The lowest BCUT2D eigenvalue weighted by Gasteiger charge is -2.23. The van der Waals surface area contributed by atoms with Crippen molar-refractivity contribution in [3.8, 4) is 0 Å². The van der Waals surface area contributed by atoms with Crippen LogP contribution in [-0.2, 0) is 6.54 Å². The van der Waals surface area contributed by atoms with E-state index in [1.807, 2.05) is 20.2 Å². The predicted molar refractivity (Wildman–Crippen MR) is 84.5 cm³/mol. The summed E-state index contributed by atoms with van der Waals surface area (Å²) in [7, 11) is 4.00. The molecule has 1 fully saturated rings. The molecule has 1 aliphatic heterocycles. The zero-order valence-corrected chi connectivity index (χ0v) is 13.4. The highest BCUT2D eigenvalue weighted by molar-refractivity contribution is 5.92. The van der Waals surface area contributed by atoms with E-state index < -0.39 is 0 Å². The number of likely N-dealkylation sites (tertiary alicyclic amines) is 1. The number of nitrogens with zero attached hydrogens (tertiary/aromatic N) is 6. The summed E-state index contributed by atoms with van der Waals surface area (Å²) in [6.45, 7) is 1.45. The van der Waals surface area contributed by atoms with Gasteiger partial charge in [0.1, 0.15) is 0 Å². The van der Waals surface area contributed by atoms with Crippen molar-refractivity contribution in [1.82, 2.24) is 30.0 Å². The zero-order valence-electron chi connectivity index (χ0n) is 13.4. The maximum Gasteiger partial charge on any atom is 0.274 e. The molecule has 23 heavy (non-hydrogen) atoms. The van der Waals surface area contributed by atoms with Crippen LogP contribution in [0.3, 0.4) is 0 Å². The van der Waals surface area contributed by atoms with Crippen molar-refractivity contribution >= 4 is 5.91 Å². The number of aromatic nitrogens is 4. The molecule has 0 saturated carbocycles. The van der Waals surface area contributed by atoms with Crippen LogP contribution in [0.25, 0.3) is 0 Å². The minimum Gasteiger partial charge on any atom is -0.327 e. The van der Waals surface area contributed by atoms with E-state index in [4.69, 9.17) is 0 Å².